The Kier molecular flexibility index (Phi) is 3.32. The van der Waals surface area contributed by atoms with Crippen molar-refractivity contribution in [2.24, 2.45) is 0 Å². The lowest BCUT2D eigenvalue weighted by atomic mass is 9.84. The molecule has 2 N–H and O–H groups in total. The van der Waals surface area contributed by atoms with Crippen LogP contribution in [0.1, 0.15) is 25.0 Å². The first-order valence-electron chi connectivity index (χ1n) is 4.91. The third-order valence-electron chi connectivity index (χ3n) is 2.57. The standard InChI is InChI=1S/C12H14NO3/c1-12(2,11(15)16)9-5-3-8(4-6-9)7-10(13)14/h3-6,13H,7H2,1-2H3,(H,15,16). The Morgan fingerprint density at radius 2 is 1.75 bits per heavy atom. The number of hydrogen-bond donors (Lipinski definition) is 1. The second-order valence-corrected chi connectivity index (χ2v) is 4.23. The monoisotopic (exact) mass is 220 g/mol. The third kappa shape index (κ3) is 2.59. The zero-order chi connectivity index (χ0) is 12.3. The number of aliphatic carboxylic acids is 1. The summed E-state index contributed by atoms with van der Waals surface area (Å²) in [5, 5.41) is 9.03. The Morgan fingerprint density at radius 3 is 2.12 bits per heavy atom. The minimum atomic E-state index is -0.941. The molecule has 0 aliphatic heterocycles. The lowest BCUT2D eigenvalue weighted by Crippen LogP contribution is -2.28. The van der Waals surface area contributed by atoms with E-state index in [2.05, 4.69) is 0 Å². The molecule has 0 aliphatic rings. The summed E-state index contributed by atoms with van der Waals surface area (Å²) < 4.78 is 0. The van der Waals surface area contributed by atoms with E-state index in [0.29, 0.717) is 5.56 Å². The Morgan fingerprint density at radius 1 is 1.25 bits per heavy atom. The van der Waals surface area contributed by atoms with Crippen molar-refractivity contribution in [1.29, 1.82) is 0 Å². The highest BCUT2D eigenvalue weighted by molar-refractivity contribution is 5.80. The third-order valence-corrected chi connectivity index (χ3v) is 2.57. The number of carboxylic acid groups (broad SMARTS) is 1. The second-order valence-electron chi connectivity index (χ2n) is 4.23. The normalized spacial score (nSPS) is 11.1. The molecule has 0 aliphatic carbocycles. The molecule has 0 saturated heterocycles. The zero-order valence-corrected chi connectivity index (χ0v) is 9.28. The first-order chi connectivity index (χ1) is 7.34. The summed E-state index contributed by atoms with van der Waals surface area (Å²) in [5.74, 6) is -1.54. The maximum absolute atomic E-state index is 11.0. The summed E-state index contributed by atoms with van der Waals surface area (Å²) in [6.07, 6.45) is 0.0633. The van der Waals surface area contributed by atoms with E-state index in [1.54, 1.807) is 38.1 Å². The lowest BCUT2D eigenvalue weighted by Gasteiger charge is -2.19. The van der Waals surface area contributed by atoms with Gasteiger partial charge in [-0.15, -0.1) is 0 Å². The molecule has 4 nitrogen and oxygen atoms in total. The van der Waals surface area contributed by atoms with Gasteiger partial charge in [-0.2, -0.15) is 0 Å². The van der Waals surface area contributed by atoms with Gasteiger partial charge in [0.25, 0.3) is 0 Å². The Hall–Kier alpha value is -1.84. The minimum Gasteiger partial charge on any atom is -0.481 e. The number of benzene rings is 1. The predicted molar refractivity (Wildman–Crippen MR) is 58.9 cm³/mol. The van der Waals surface area contributed by atoms with Gasteiger partial charge in [-0.05, 0) is 25.0 Å². The van der Waals surface area contributed by atoms with Crippen LogP contribution in [-0.2, 0) is 21.4 Å². The fourth-order valence-electron chi connectivity index (χ4n) is 1.35. The summed E-state index contributed by atoms with van der Waals surface area (Å²) in [6, 6.07) is 6.75. The molecular weight excluding hydrogens is 206 g/mol. The van der Waals surface area contributed by atoms with E-state index in [4.69, 9.17) is 10.8 Å². The first-order valence-corrected chi connectivity index (χ1v) is 4.91. The van der Waals surface area contributed by atoms with Crippen LogP contribution in [0.5, 0.6) is 0 Å². The lowest BCUT2D eigenvalue weighted by molar-refractivity contribution is -0.142. The van der Waals surface area contributed by atoms with Crippen LogP contribution in [0.2, 0.25) is 0 Å². The average Bonchev–Trinajstić information content (AvgIpc) is 2.17. The van der Waals surface area contributed by atoms with Gasteiger partial charge in [0.15, 0.2) is 0 Å². The van der Waals surface area contributed by atoms with Gasteiger partial charge in [-0.25, -0.2) is 0 Å². The highest BCUT2D eigenvalue weighted by Gasteiger charge is 2.29. The number of nitrogens with one attached hydrogen (secondary N) is 1. The van der Waals surface area contributed by atoms with E-state index in [-0.39, 0.29) is 6.42 Å². The summed E-state index contributed by atoms with van der Waals surface area (Å²) in [7, 11) is 0. The van der Waals surface area contributed by atoms with Crippen molar-refractivity contribution in [2.75, 3.05) is 0 Å². The van der Waals surface area contributed by atoms with E-state index in [1.807, 2.05) is 0 Å². The summed E-state index contributed by atoms with van der Waals surface area (Å²) in [5.41, 5.74) is 7.29. The van der Waals surface area contributed by atoms with Crippen molar-refractivity contribution < 1.29 is 14.7 Å². The molecule has 1 rings (SSSR count). The number of amides is 1. The van der Waals surface area contributed by atoms with Gasteiger partial charge in [-0.3, -0.25) is 15.3 Å². The fraction of sp³-hybridized carbons (Fsp3) is 0.333. The molecule has 1 amide bonds. The molecule has 1 aromatic carbocycles. The molecule has 0 spiro atoms. The van der Waals surface area contributed by atoms with Crippen LogP contribution in [-0.4, -0.2) is 17.0 Å². The first kappa shape index (κ1) is 12.2. The molecular formula is C12H14NO3. The van der Waals surface area contributed by atoms with Crippen molar-refractivity contribution in [3.8, 4) is 0 Å². The van der Waals surface area contributed by atoms with Crippen LogP contribution in [0.15, 0.2) is 24.3 Å². The van der Waals surface area contributed by atoms with Gasteiger partial charge in [0.2, 0.25) is 5.91 Å². The van der Waals surface area contributed by atoms with Gasteiger partial charge in [0, 0.05) is 0 Å². The number of carbonyl (C=O) groups is 2. The van der Waals surface area contributed by atoms with Crippen LogP contribution < -0.4 is 5.73 Å². The van der Waals surface area contributed by atoms with Crippen LogP contribution in [0.25, 0.3) is 0 Å². The number of carboxylic acids is 1. The molecule has 1 aromatic rings. The number of hydrogen-bond acceptors (Lipinski definition) is 2. The maximum atomic E-state index is 11.0. The van der Waals surface area contributed by atoms with Gasteiger partial charge in [0.1, 0.15) is 0 Å². The topological polar surface area (TPSA) is 78.2 Å². The molecule has 0 aromatic heterocycles. The smallest absolute Gasteiger partial charge is 0.313 e. The van der Waals surface area contributed by atoms with Gasteiger partial charge in [0.05, 0.1) is 11.8 Å². The molecule has 85 valence electrons. The van der Waals surface area contributed by atoms with Crippen molar-refractivity contribution in [3.05, 3.63) is 35.4 Å². The number of rotatable bonds is 4. The fourth-order valence-corrected chi connectivity index (χ4v) is 1.35. The molecule has 0 fully saturated rings. The maximum Gasteiger partial charge on any atom is 0.313 e. The molecule has 0 heterocycles. The van der Waals surface area contributed by atoms with Crippen molar-refractivity contribution in [3.63, 3.8) is 0 Å². The zero-order valence-electron chi connectivity index (χ0n) is 9.28. The molecule has 1 radical (unpaired) electrons. The Balaban J connectivity index is 2.95. The number of carbonyl (C=O) groups excluding carboxylic acids is 1. The SMILES string of the molecule is CC(C)(C(=O)O)c1ccc(CC([NH])=O)cc1. The largest absolute Gasteiger partial charge is 0.481 e. The predicted octanol–water partition coefficient (Wildman–Crippen LogP) is 1.40. The van der Waals surface area contributed by atoms with E-state index in [0.717, 1.165) is 5.56 Å². The van der Waals surface area contributed by atoms with Gasteiger partial charge >= 0.3 is 5.97 Å². The second kappa shape index (κ2) is 4.35. The van der Waals surface area contributed by atoms with Crippen molar-refractivity contribution >= 4 is 11.9 Å². The molecule has 16 heavy (non-hydrogen) atoms. The van der Waals surface area contributed by atoms with E-state index >= 15 is 0 Å². The quantitative estimate of drug-likeness (QED) is 0.833. The molecule has 0 saturated carbocycles. The molecule has 0 unspecified atom stereocenters. The minimum absolute atomic E-state index is 0.0633. The van der Waals surface area contributed by atoms with E-state index < -0.39 is 17.3 Å². The molecule has 0 atom stereocenters. The highest BCUT2D eigenvalue weighted by Crippen LogP contribution is 2.23. The van der Waals surface area contributed by atoms with E-state index in [1.165, 1.54) is 0 Å². The van der Waals surface area contributed by atoms with Gasteiger partial charge < -0.3 is 5.11 Å². The Labute approximate surface area is 94.1 Å². The van der Waals surface area contributed by atoms with E-state index in [9.17, 15) is 9.59 Å². The van der Waals surface area contributed by atoms with Crippen LogP contribution in [0, 0.1) is 0 Å². The summed E-state index contributed by atoms with van der Waals surface area (Å²) in [6.45, 7) is 3.25. The molecule has 4 heteroatoms. The average molecular weight is 220 g/mol. The van der Waals surface area contributed by atoms with Gasteiger partial charge in [-0.1, -0.05) is 24.3 Å². The summed E-state index contributed by atoms with van der Waals surface area (Å²) in [4.78, 5) is 21.6. The highest BCUT2D eigenvalue weighted by atomic mass is 16.4. The van der Waals surface area contributed by atoms with Crippen LogP contribution >= 0.6 is 0 Å². The van der Waals surface area contributed by atoms with Crippen molar-refractivity contribution in [1.82, 2.24) is 5.73 Å². The van der Waals surface area contributed by atoms with Crippen LogP contribution in [0.3, 0.4) is 0 Å². The van der Waals surface area contributed by atoms with Crippen LogP contribution in [0.4, 0.5) is 0 Å². The van der Waals surface area contributed by atoms with Crippen molar-refractivity contribution in [2.45, 2.75) is 25.7 Å². The molecule has 0 bridgehead atoms. The summed E-state index contributed by atoms with van der Waals surface area (Å²) >= 11 is 0. The Bertz CT molecular complexity index is 407.